The van der Waals surface area contributed by atoms with Gasteiger partial charge >= 0.3 is 6.92 Å². The number of para-hydroxylation sites is 1. The van der Waals surface area contributed by atoms with Gasteiger partial charge in [-0.05, 0) is 41.1 Å². The topological polar surface area (TPSA) is 29.5 Å². The molecule has 0 spiro atoms. The van der Waals surface area contributed by atoms with E-state index in [0.29, 0.717) is 0 Å². The molecule has 2 aromatic carbocycles. The molecule has 0 amide bonds. The highest BCUT2D eigenvalue weighted by atomic mass is 16.5. The third-order valence-electron chi connectivity index (χ3n) is 3.28. The highest BCUT2D eigenvalue weighted by Crippen LogP contribution is 2.30. The molecule has 2 aromatic rings. The van der Waals surface area contributed by atoms with Crippen LogP contribution < -0.4 is 10.2 Å². The average Bonchev–Trinajstić information content (AvgIpc) is 2.40. The van der Waals surface area contributed by atoms with Crippen molar-refractivity contribution >= 4 is 12.4 Å². The molecule has 0 heterocycles. The van der Waals surface area contributed by atoms with Gasteiger partial charge in [0, 0.05) is 0 Å². The van der Waals surface area contributed by atoms with Gasteiger partial charge in [-0.15, -0.1) is 0 Å². The summed E-state index contributed by atoms with van der Waals surface area (Å²) in [4.78, 5) is 0. The second-order valence-electron chi connectivity index (χ2n) is 6.69. The number of hydrogen-bond acceptors (Lipinski definition) is 2. The van der Waals surface area contributed by atoms with E-state index in [1.165, 1.54) is 5.56 Å². The molecule has 21 heavy (non-hydrogen) atoms. The molecule has 3 heteroatoms. The highest BCUT2D eigenvalue weighted by Gasteiger charge is 2.15. The van der Waals surface area contributed by atoms with Crippen LogP contribution in [-0.4, -0.2) is 11.9 Å². The van der Waals surface area contributed by atoms with E-state index in [-0.39, 0.29) is 5.41 Å². The van der Waals surface area contributed by atoms with Crippen LogP contribution in [0.15, 0.2) is 48.5 Å². The summed E-state index contributed by atoms with van der Waals surface area (Å²) >= 11 is 0. The van der Waals surface area contributed by atoms with Crippen LogP contribution in [0.4, 0.5) is 0 Å². The normalized spacial score (nSPS) is 11.3. The maximum absolute atomic E-state index is 9.54. The Labute approximate surface area is 127 Å². The first-order valence-corrected chi connectivity index (χ1v) is 7.39. The van der Waals surface area contributed by atoms with Crippen molar-refractivity contribution in [3.05, 3.63) is 54.1 Å². The first-order chi connectivity index (χ1) is 9.85. The van der Waals surface area contributed by atoms with E-state index in [4.69, 9.17) is 4.74 Å². The molecule has 0 saturated heterocycles. The minimum atomic E-state index is -0.452. The number of rotatable bonds is 4. The molecule has 0 aromatic heterocycles. The fourth-order valence-electron chi connectivity index (χ4n) is 2.26. The van der Waals surface area contributed by atoms with Crippen molar-refractivity contribution in [2.24, 2.45) is 5.41 Å². The summed E-state index contributed by atoms with van der Waals surface area (Å²) in [5.41, 5.74) is 2.32. The van der Waals surface area contributed by atoms with Crippen molar-refractivity contribution in [1.29, 1.82) is 0 Å². The van der Waals surface area contributed by atoms with E-state index in [1.807, 2.05) is 42.5 Å². The summed E-state index contributed by atoms with van der Waals surface area (Å²) in [6.07, 6.45) is 0.967. The van der Waals surface area contributed by atoms with Gasteiger partial charge in [-0.25, -0.2) is 0 Å². The monoisotopic (exact) mass is 282 g/mol. The summed E-state index contributed by atoms with van der Waals surface area (Å²) in [5.74, 6) is 1.69. The zero-order valence-electron chi connectivity index (χ0n) is 13.3. The molecule has 0 aliphatic carbocycles. The molecular formula is C18H23BO2. The molecule has 0 radical (unpaired) electrons. The standard InChI is InChI=1S/C18H23BO2/c1-18(2,3)13-14-7-5-6-8-17(14)21-16-11-9-15(10-12-16)19(4)20/h5-12,20H,13H2,1-4H3. The quantitative estimate of drug-likeness (QED) is 0.862. The highest BCUT2D eigenvalue weighted by molar-refractivity contribution is 6.64. The van der Waals surface area contributed by atoms with Crippen LogP contribution >= 0.6 is 0 Å². The molecule has 0 fully saturated rings. The molecule has 2 rings (SSSR count). The number of ether oxygens (including phenoxy) is 1. The van der Waals surface area contributed by atoms with Gasteiger partial charge in [-0.3, -0.25) is 0 Å². The summed E-state index contributed by atoms with van der Waals surface area (Å²) in [6.45, 7) is 7.98. The lowest BCUT2D eigenvalue weighted by atomic mass is 9.64. The molecule has 0 saturated carbocycles. The lowest BCUT2D eigenvalue weighted by Crippen LogP contribution is -2.25. The van der Waals surface area contributed by atoms with E-state index in [2.05, 4.69) is 26.8 Å². The Kier molecular flexibility index (Phi) is 4.74. The zero-order valence-corrected chi connectivity index (χ0v) is 13.3. The van der Waals surface area contributed by atoms with Crippen LogP contribution in [0.25, 0.3) is 0 Å². The first kappa shape index (κ1) is 15.6. The van der Waals surface area contributed by atoms with Gasteiger partial charge in [-0.2, -0.15) is 0 Å². The van der Waals surface area contributed by atoms with Crippen molar-refractivity contribution in [1.82, 2.24) is 0 Å². The molecule has 0 bridgehead atoms. The summed E-state index contributed by atoms with van der Waals surface area (Å²) in [6, 6.07) is 15.7. The van der Waals surface area contributed by atoms with Gasteiger partial charge in [0.15, 0.2) is 0 Å². The predicted molar refractivity (Wildman–Crippen MR) is 89.6 cm³/mol. The SMILES string of the molecule is CB(O)c1ccc(Oc2ccccc2CC(C)(C)C)cc1. The van der Waals surface area contributed by atoms with E-state index in [1.54, 1.807) is 6.82 Å². The van der Waals surface area contributed by atoms with Gasteiger partial charge in [0.25, 0.3) is 0 Å². The van der Waals surface area contributed by atoms with E-state index < -0.39 is 6.92 Å². The van der Waals surface area contributed by atoms with E-state index in [9.17, 15) is 5.02 Å². The van der Waals surface area contributed by atoms with Crippen molar-refractivity contribution < 1.29 is 9.76 Å². The molecule has 110 valence electrons. The first-order valence-electron chi connectivity index (χ1n) is 7.39. The lowest BCUT2D eigenvalue weighted by molar-refractivity contribution is 0.397. The molecule has 0 aliphatic heterocycles. The zero-order chi connectivity index (χ0) is 15.5. The number of benzene rings is 2. The van der Waals surface area contributed by atoms with Crippen LogP contribution in [0.5, 0.6) is 11.5 Å². The van der Waals surface area contributed by atoms with Gasteiger partial charge in [0.05, 0.1) is 0 Å². The third-order valence-corrected chi connectivity index (χ3v) is 3.28. The Morgan fingerprint density at radius 1 is 1.00 bits per heavy atom. The number of hydrogen-bond donors (Lipinski definition) is 1. The molecule has 0 aliphatic rings. The van der Waals surface area contributed by atoms with Gasteiger partial charge in [0.2, 0.25) is 0 Å². The Hall–Kier alpha value is -1.74. The summed E-state index contributed by atoms with van der Waals surface area (Å²) < 4.78 is 6.01. The van der Waals surface area contributed by atoms with Crippen LogP contribution in [0.3, 0.4) is 0 Å². The molecular weight excluding hydrogens is 259 g/mol. The van der Waals surface area contributed by atoms with E-state index >= 15 is 0 Å². The average molecular weight is 282 g/mol. The van der Waals surface area contributed by atoms with Crippen LogP contribution in [0.2, 0.25) is 6.82 Å². The molecule has 0 unspecified atom stereocenters. The smallest absolute Gasteiger partial charge is 0.320 e. The van der Waals surface area contributed by atoms with Crippen molar-refractivity contribution in [2.45, 2.75) is 34.0 Å². The Morgan fingerprint density at radius 3 is 2.19 bits per heavy atom. The van der Waals surface area contributed by atoms with Crippen LogP contribution in [-0.2, 0) is 6.42 Å². The predicted octanol–water partition coefficient (Wildman–Crippen LogP) is 3.89. The Balaban J connectivity index is 2.19. The maximum atomic E-state index is 9.54. The second-order valence-corrected chi connectivity index (χ2v) is 6.69. The maximum Gasteiger partial charge on any atom is 0.320 e. The lowest BCUT2D eigenvalue weighted by Gasteiger charge is -2.20. The molecule has 1 N–H and O–H groups in total. The van der Waals surface area contributed by atoms with Crippen molar-refractivity contribution in [3.63, 3.8) is 0 Å². The molecule has 0 atom stereocenters. The molecule has 2 nitrogen and oxygen atoms in total. The van der Waals surface area contributed by atoms with Gasteiger partial charge in [0.1, 0.15) is 11.5 Å². The van der Waals surface area contributed by atoms with Crippen molar-refractivity contribution in [2.75, 3.05) is 0 Å². The van der Waals surface area contributed by atoms with Gasteiger partial charge in [-0.1, -0.05) is 57.9 Å². The minimum Gasteiger partial charge on any atom is -0.457 e. The van der Waals surface area contributed by atoms with Crippen molar-refractivity contribution in [3.8, 4) is 11.5 Å². The van der Waals surface area contributed by atoms with E-state index in [0.717, 1.165) is 23.4 Å². The fraction of sp³-hybridized carbons (Fsp3) is 0.333. The van der Waals surface area contributed by atoms with Crippen LogP contribution in [0.1, 0.15) is 26.3 Å². The minimum absolute atomic E-state index is 0.218. The second kappa shape index (κ2) is 6.36. The summed E-state index contributed by atoms with van der Waals surface area (Å²) in [7, 11) is 0. The van der Waals surface area contributed by atoms with Gasteiger partial charge < -0.3 is 9.76 Å². The van der Waals surface area contributed by atoms with Crippen LogP contribution in [0, 0.1) is 5.41 Å². The largest absolute Gasteiger partial charge is 0.457 e. The third kappa shape index (κ3) is 4.64. The Morgan fingerprint density at radius 2 is 1.62 bits per heavy atom. The Bertz CT molecular complexity index is 583. The summed E-state index contributed by atoms with van der Waals surface area (Å²) in [5, 5.41) is 9.54. The fourth-order valence-corrected chi connectivity index (χ4v) is 2.26.